The van der Waals surface area contributed by atoms with Crippen LogP contribution in [0.25, 0.3) is 0 Å². The number of thioether (sulfide) groups is 1. The van der Waals surface area contributed by atoms with Crippen LogP contribution >= 0.6 is 23.4 Å². The summed E-state index contributed by atoms with van der Waals surface area (Å²) in [6.07, 6.45) is -3.65. The van der Waals surface area contributed by atoms with Crippen molar-refractivity contribution in [1.82, 2.24) is 15.2 Å². The van der Waals surface area contributed by atoms with Gasteiger partial charge in [-0.15, -0.1) is 0 Å². The summed E-state index contributed by atoms with van der Waals surface area (Å²) in [5, 5.41) is 3.92. The standard InChI is InChI=1S/C20H21ClF3N3O2S/c21-16-4-1-14(2-5-16)17(27-7-9-29-10-8-27)12-25-18(28)13-30-19-6-3-15(11-26-19)20(22,23)24/h1-6,11,17H,7-10,12-13H2,(H,25,28). The highest BCUT2D eigenvalue weighted by molar-refractivity contribution is 7.99. The number of nitrogens with zero attached hydrogens (tertiary/aromatic N) is 2. The van der Waals surface area contributed by atoms with Gasteiger partial charge < -0.3 is 10.1 Å². The van der Waals surface area contributed by atoms with E-state index in [1.807, 2.05) is 24.3 Å². The number of rotatable bonds is 7. The van der Waals surface area contributed by atoms with E-state index >= 15 is 0 Å². The van der Waals surface area contributed by atoms with Gasteiger partial charge in [-0.05, 0) is 29.8 Å². The molecule has 0 saturated carbocycles. The number of carbonyl (C=O) groups excluding carboxylic acids is 1. The van der Waals surface area contributed by atoms with Gasteiger partial charge in [0.1, 0.15) is 0 Å². The van der Waals surface area contributed by atoms with Crippen LogP contribution in [-0.2, 0) is 15.7 Å². The van der Waals surface area contributed by atoms with Crippen LogP contribution in [0.5, 0.6) is 0 Å². The summed E-state index contributed by atoms with van der Waals surface area (Å²) in [6, 6.07) is 9.72. The zero-order valence-corrected chi connectivity index (χ0v) is 17.6. The van der Waals surface area contributed by atoms with Crippen molar-refractivity contribution < 1.29 is 22.7 Å². The summed E-state index contributed by atoms with van der Waals surface area (Å²) in [5.74, 6) is -0.150. The molecule has 1 fully saturated rings. The van der Waals surface area contributed by atoms with Gasteiger partial charge in [0.15, 0.2) is 0 Å². The number of nitrogens with one attached hydrogen (secondary N) is 1. The topological polar surface area (TPSA) is 54.5 Å². The zero-order valence-electron chi connectivity index (χ0n) is 16.0. The number of aromatic nitrogens is 1. The molecule has 1 aromatic heterocycles. The van der Waals surface area contributed by atoms with Crippen LogP contribution < -0.4 is 5.32 Å². The van der Waals surface area contributed by atoms with Gasteiger partial charge in [-0.25, -0.2) is 4.98 Å². The Balaban J connectivity index is 1.55. The van der Waals surface area contributed by atoms with E-state index in [1.54, 1.807) is 0 Å². The molecule has 0 radical (unpaired) electrons. The minimum atomic E-state index is -4.43. The number of pyridine rings is 1. The Hall–Kier alpha value is -1.81. The number of halogens is 4. The minimum Gasteiger partial charge on any atom is -0.379 e. The molecule has 2 heterocycles. The Labute approximate surface area is 181 Å². The fourth-order valence-corrected chi connectivity index (χ4v) is 3.86. The third-order valence-corrected chi connectivity index (χ3v) is 5.84. The lowest BCUT2D eigenvalue weighted by atomic mass is 10.0. The second kappa shape index (κ2) is 10.5. The highest BCUT2D eigenvalue weighted by Gasteiger charge is 2.30. The molecular formula is C20H21ClF3N3O2S. The summed E-state index contributed by atoms with van der Waals surface area (Å²) < 4.78 is 43.2. The third kappa shape index (κ3) is 6.60. The molecule has 0 spiro atoms. The van der Waals surface area contributed by atoms with E-state index in [9.17, 15) is 18.0 Å². The molecule has 0 aliphatic carbocycles. The molecule has 2 aromatic rings. The molecule has 1 N–H and O–H groups in total. The maximum Gasteiger partial charge on any atom is 0.417 e. The molecule has 1 aromatic carbocycles. The first-order valence-corrected chi connectivity index (χ1v) is 10.7. The van der Waals surface area contributed by atoms with Crippen molar-refractivity contribution in [2.45, 2.75) is 17.2 Å². The second-order valence-electron chi connectivity index (χ2n) is 6.69. The molecule has 0 bridgehead atoms. The summed E-state index contributed by atoms with van der Waals surface area (Å²) in [4.78, 5) is 18.3. The quantitative estimate of drug-likeness (QED) is 0.633. The second-order valence-corrected chi connectivity index (χ2v) is 8.12. The van der Waals surface area contributed by atoms with E-state index in [-0.39, 0.29) is 17.7 Å². The third-order valence-electron chi connectivity index (χ3n) is 4.65. The van der Waals surface area contributed by atoms with Crippen molar-refractivity contribution in [2.24, 2.45) is 0 Å². The number of alkyl halides is 3. The zero-order chi connectivity index (χ0) is 21.6. The molecule has 10 heteroatoms. The molecule has 1 saturated heterocycles. The molecule has 1 amide bonds. The van der Waals surface area contributed by atoms with Crippen LogP contribution in [0, 0.1) is 0 Å². The number of morpholine rings is 1. The Morgan fingerprint density at radius 3 is 2.50 bits per heavy atom. The average molecular weight is 460 g/mol. The molecule has 1 aliphatic heterocycles. The molecule has 1 unspecified atom stereocenters. The van der Waals surface area contributed by atoms with Gasteiger partial charge in [-0.1, -0.05) is 35.5 Å². The van der Waals surface area contributed by atoms with Crippen LogP contribution in [0.2, 0.25) is 5.02 Å². The highest BCUT2D eigenvalue weighted by atomic mass is 35.5. The van der Waals surface area contributed by atoms with Crippen molar-refractivity contribution in [3.63, 3.8) is 0 Å². The Morgan fingerprint density at radius 2 is 1.90 bits per heavy atom. The van der Waals surface area contributed by atoms with Crippen molar-refractivity contribution in [3.8, 4) is 0 Å². The van der Waals surface area contributed by atoms with Gasteiger partial charge in [-0.3, -0.25) is 9.69 Å². The molecule has 5 nitrogen and oxygen atoms in total. The molecule has 3 rings (SSSR count). The Kier molecular flexibility index (Phi) is 7.99. The first kappa shape index (κ1) is 22.9. The first-order chi connectivity index (χ1) is 14.3. The van der Waals surface area contributed by atoms with Gasteiger partial charge >= 0.3 is 6.18 Å². The van der Waals surface area contributed by atoms with Crippen LogP contribution in [-0.4, -0.2) is 54.4 Å². The van der Waals surface area contributed by atoms with Crippen LogP contribution in [0.3, 0.4) is 0 Å². The van der Waals surface area contributed by atoms with E-state index in [0.29, 0.717) is 29.8 Å². The normalized spacial score (nSPS) is 16.3. The lowest BCUT2D eigenvalue weighted by molar-refractivity contribution is -0.137. The summed E-state index contributed by atoms with van der Waals surface area (Å²) in [7, 11) is 0. The monoisotopic (exact) mass is 459 g/mol. The lowest BCUT2D eigenvalue weighted by Crippen LogP contribution is -2.44. The SMILES string of the molecule is O=C(CSc1ccc(C(F)(F)F)cn1)NCC(c1ccc(Cl)cc1)N1CCOCC1. The van der Waals surface area contributed by atoms with E-state index in [1.165, 1.54) is 6.07 Å². The number of benzene rings is 1. The number of ether oxygens (including phenoxy) is 1. The number of carbonyl (C=O) groups is 1. The van der Waals surface area contributed by atoms with E-state index < -0.39 is 11.7 Å². The number of hydrogen-bond acceptors (Lipinski definition) is 5. The van der Waals surface area contributed by atoms with Crippen molar-refractivity contribution in [3.05, 3.63) is 58.7 Å². The summed E-state index contributed by atoms with van der Waals surface area (Å²) in [5.41, 5.74) is 0.228. The van der Waals surface area contributed by atoms with E-state index in [2.05, 4.69) is 15.2 Å². The van der Waals surface area contributed by atoms with Crippen LogP contribution in [0.1, 0.15) is 17.2 Å². The average Bonchev–Trinajstić information content (AvgIpc) is 2.74. The summed E-state index contributed by atoms with van der Waals surface area (Å²) in [6.45, 7) is 3.18. The maximum atomic E-state index is 12.6. The Morgan fingerprint density at radius 1 is 1.20 bits per heavy atom. The largest absolute Gasteiger partial charge is 0.417 e. The molecular weight excluding hydrogens is 439 g/mol. The number of amides is 1. The molecule has 30 heavy (non-hydrogen) atoms. The fraction of sp³-hybridized carbons (Fsp3) is 0.400. The predicted molar refractivity (Wildman–Crippen MR) is 110 cm³/mol. The molecule has 1 aliphatic rings. The van der Waals surface area contributed by atoms with Crippen LogP contribution in [0.4, 0.5) is 13.2 Å². The van der Waals surface area contributed by atoms with Gasteiger partial charge in [0, 0.05) is 30.9 Å². The predicted octanol–water partition coefficient (Wildman–Crippen LogP) is 4.04. The first-order valence-electron chi connectivity index (χ1n) is 9.33. The highest BCUT2D eigenvalue weighted by Crippen LogP contribution is 2.29. The summed E-state index contributed by atoms with van der Waals surface area (Å²) >= 11 is 7.08. The van der Waals surface area contributed by atoms with E-state index in [4.69, 9.17) is 16.3 Å². The Bertz CT molecular complexity index is 829. The van der Waals surface area contributed by atoms with Crippen LogP contribution in [0.15, 0.2) is 47.6 Å². The van der Waals surface area contributed by atoms with Crippen molar-refractivity contribution in [2.75, 3.05) is 38.6 Å². The fourth-order valence-electron chi connectivity index (χ4n) is 3.07. The smallest absolute Gasteiger partial charge is 0.379 e. The number of hydrogen-bond donors (Lipinski definition) is 1. The van der Waals surface area contributed by atoms with Crippen molar-refractivity contribution >= 4 is 29.3 Å². The lowest BCUT2D eigenvalue weighted by Gasteiger charge is -2.35. The van der Waals surface area contributed by atoms with Gasteiger partial charge in [0.2, 0.25) is 5.91 Å². The van der Waals surface area contributed by atoms with Gasteiger partial charge in [-0.2, -0.15) is 13.2 Å². The molecule has 162 valence electrons. The van der Waals surface area contributed by atoms with Gasteiger partial charge in [0.25, 0.3) is 0 Å². The van der Waals surface area contributed by atoms with Crippen molar-refractivity contribution in [1.29, 1.82) is 0 Å². The maximum absolute atomic E-state index is 12.6. The van der Waals surface area contributed by atoms with E-state index in [0.717, 1.165) is 42.7 Å². The van der Waals surface area contributed by atoms with Gasteiger partial charge in [0.05, 0.1) is 35.6 Å². The minimum absolute atomic E-state index is 0.0238. The molecule has 1 atom stereocenters.